The van der Waals surface area contributed by atoms with Crippen LogP contribution in [0.5, 0.6) is 11.5 Å². The number of rotatable bonds is 6. The molecule has 2 aromatic carbocycles. The molecule has 20 heavy (non-hydrogen) atoms. The molecule has 4 heteroatoms. The van der Waals surface area contributed by atoms with Crippen molar-refractivity contribution in [2.75, 3.05) is 13.4 Å². The number of thioether (sulfide) groups is 1. The predicted octanol–water partition coefficient (Wildman–Crippen LogP) is 3.81. The minimum Gasteiger partial charge on any atom is -0.496 e. The number of hydrogen-bond donors (Lipinski definition) is 0. The Morgan fingerprint density at radius 3 is 2.50 bits per heavy atom. The molecule has 0 heterocycles. The first kappa shape index (κ1) is 14.5. The van der Waals surface area contributed by atoms with Gasteiger partial charge in [0.05, 0.1) is 7.11 Å². The number of aldehydes is 1. The van der Waals surface area contributed by atoms with E-state index in [1.807, 2.05) is 30.5 Å². The highest BCUT2D eigenvalue weighted by Gasteiger charge is 2.05. The molecule has 0 radical (unpaired) electrons. The van der Waals surface area contributed by atoms with E-state index in [0.717, 1.165) is 23.3 Å². The van der Waals surface area contributed by atoms with Gasteiger partial charge in [-0.1, -0.05) is 0 Å². The van der Waals surface area contributed by atoms with Crippen molar-refractivity contribution in [3.63, 3.8) is 0 Å². The molecule has 0 aromatic heterocycles. The Morgan fingerprint density at radius 1 is 1.15 bits per heavy atom. The Hall–Kier alpha value is -1.94. The van der Waals surface area contributed by atoms with Gasteiger partial charge < -0.3 is 9.47 Å². The monoisotopic (exact) mass is 288 g/mol. The third-order valence-corrected chi connectivity index (χ3v) is 3.64. The molecule has 2 rings (SSSR count). The quantitative estimate of drug-likeness (QED) is 0.598. The first-order chi connectivity index (χ1) is 9.76. The molecule has 0 atom stereocenters. The van der Waals surface area contributed by atoms with E-state index < -0.39 is 0 Å². The molecule has 0 aliphatic heterocycles. The van der Waals surface area contributed by atoms with Gasteiger partial charge in [0.1, 0.15) is 24.4 Å². The van der Waals surface area contributed by atoms with Gasteiger partial charge in [-0.05, 0) is 48.7 Å². The average molecular weight is 288 g/mol. The fourth-order valence-corrected chi connectivity index (χ4v) is 2.23. The number of benzene rings is 2. The minimum atomic E-state index is 0.365. The van der Waals surface area contributed by atoms with Crippen molar-refractivity contribution in [2.24, 2.45) is 0 Å². The molecule has 2 aromatic rings. The van der Waals surface area contributed by atoms with Crippen LogP contribution >= 0.6 is 11.8 Å². The summed E-state index contributed by atoms with van der Waals surface area (Å²) in [6.45, 7) is 0.365. The van der Waals surface area contributed by atoms with Crippen LogP contribution in [-0.2, 0) is 6.61 Å². The summed E-state index contributed by atoms with van der Waals surface area (Å²) in [5.41, 5.74) is 1.47. The molecule has 104 valence electrons. The first-order valence-electron chi connectivity index (χ1n) is 6.15. The summed E-state index contributed by atoms with van der Waals surface area (Å²) in [7, 11) is 1.60. The van der Waals surface area contributed by atoms with Crippen molar-refractivity contribution in [2.45, 2.75) is 11.5 Å². The number of carbonyl (C=O) groups excluding carboxylic acids is 1. The fourth-order valence-electron chi connectivity index (χ4n) is 1.82. The lowest BCUT2D eigenvalue weighted by Gasteiger charge is -2.11. The van der Waals surface area contributed by atoms with E-state index in [9.17, 15) is 4.79 Å². The first-order valence-corrected chi connectivity index (χ1v) is 7.38. The van der Waals surface area contributed by atoms with Crippen LogP contribution in [-0.4, -0.2) is 19.7 Å². The van der Waals surface area contributed by atoms with Crippen molar-refractivity contribution in [3.05, 3.63) is 53.6 Å². The molecule has 0 aliphatic rings. The van der Waals surface area contributed by atoms with Gasteiger partial charge in [0, 0.05) is 16.0 Å². The van der Waals surface area contributed by atoms with E-state index in [1.165, 1.54) is 4.90 Å². The normalized spacial score (nSPS) is 10.1. The van der Waals surface area contributed by atoms with Gasteiger partial charge in [0.25, 0.3) is 0 Å². The van der Waals surface area contributed by atoms with Gasteiger partial charge in [-0.3, -0.25) is 4.79 Å². The zero-order chi connectivity index (χ0) is 14.4. The van der Waals surface area contributed by atoms with Gasteiger partial charge in [0.2, 0.25) is 0 Å². The van der Waals surface area contributed by atoms with Crippen LogP contribution < -0.4 is 9.47 Å². The van der Waals surface area contributed by atoms with E-state index >= 15 is 0 Å². The number of methoxy groups -OCH3 is 1. The van der Waals surface area contributed by atoms with E-state index in [4.69, 9.17) is 9.47 Å². The molecule has 0 aliphatic carbocycles. The highest BCUT2D eigenvalue weighted by Crippen LogP contribution is 2.23. The second kappa shape index (κ2) is 7.01. The van der Waals surface area contributed by atoms with E-state index in [2.05, 4.69) is 0 Å². The standard InChI is InChI=1S/C16H16O3S/c1-18-16-8-3-12(10-17)9-13(16)11-19-14-4-6-15(20-2)7-5-14/h3-10H,11H2,1-2H3. The topological polar surface area (TPSA) is 35.5 Å². The Morgan fingerprint density at radius 2 is 1.90 bits per heavy atom. The molecule has 3 nitrogen and oxygen atoms in total. The Bertz CT molecular complexity index is 579. The zero-order valence-electron chi connectivity index (χ0n) is 11.5. The van der Waals surface area contributed by atoms with Gasteiger partial charge in [-0.15, -0.1) is 11.8 Å². The Labute approximate surface area is 122 Å². The van der Waals surface area contributed by atoms with E-state index in [1.54, 1.807) is 37.1 Å². The Balaban J connectivity index is 2.10. The molecule has 0 spiro atoms. The maximum Gasteiger partial charge on any atom is 0.150 e. The summed E-state index contributed by atoms with van der Waals surface area (Å²) in [6.07, 6.45) is 2.85. The minimum absolute atomic E-state index is 0.365. The smallest absolute Gasteiger partial charge is 0.150 e. The van der Waals surface area contributed by atoms with Gasteiger partial charge in [-0.25, -0.2) is 0 Å². The largest absolute Gasteiger partial charge is 0.496 e. The summed E-state index contributed by atoms with van der Waals surface area (Å²) < 4.78 is 11.0. The van der Waals surface area contributed by atoms with Crippen LogP contribution in [0, 0.1) is 0 Å². The lowest BCUT2D eigenvalue weighted by Crippen LogP contribution is -2.00. The summed E-state index contributed by atoms with van der Waals surface area (Å²) in [6, 6.07) is 13.2. The maximum absolute atomic E-state index is 10.8. The molecule has 0 bridgehead atoms. The fraction of sp³-hybridized carbons (Fsp3) is 0.188. The molecule has 0 saturated heterocycles. The van der Waals surface area contributed by atoms with Crippen molar-refractivity contribution in [1.29, 1.82) is 0 Å². The van der Waals surface area contributed by atoms with Crippen molar-refractivity contribution >= 4 is 18.0 Å². The third-order valence-electron chi connectivity index (χ3n) is 2.89. The zero-order valence-corrected chi connectivity index (χ0v) is 12.3. The molecular formula is C16H16O3S. The lowest BCUT2D eigenvalue weighted by molar-refractivity contribution is 0.112. The van der Waals surface area contributed by atoms with Gasteiger partial charge >= 0.3 is 0 Å². The summed E-state index contributed by atoms with van der Waals surface area (Å²) in [5.74, 6) is 1.51. The third kappa shape index (κ3) is 3.54. The summed E-state index contributed by atoms with van der Waals surface area (Å²) >= 11 is 1.69. The maximum atomic E-state index is 10.8. The highest BCUT2D eigenvalue weighted by atomic mass is 32.2. The van der Waals surface area contributed by atoms with Gasteiger partial charge in [-0.2, -0.15) is 0 Å². The lowest BCUT2D eigenvalue weighted by atomic mass is 10.1. The van der Waals surface area contributed by atoms with Crippen LogP contribution in [0.25, 0.3) is 0 Å². The predicted molar refractivity (Wildman–Crippen MR) is 80.9 cm³/mol. The van der Waals surface area contributed by atoms with Crippen LogP contribution in [0.3, 0.4) is 0 Å². The highest BCUT2D eigenvalue weighted by molar-refractivity contribution is 7.98. The Kier molecular flexibility index (Phi) is 5.07. The number of ether oxygens (including phenoxy) is 2. The van der Waals surface area contributed by atoms with Crippen molar-refractivity contribution in [1.82, 2.24) is 0 Å². The van der Waals surface area contributed by atoms with Crippen molar-refractivity contribution < 1.29 is 14.3 Å². The number of hydrogen-bond acceptors (Lipinski definition) is 4. The van der Waals surface area contributed by atoms with Crippen LogP contribution in [0.15, 0.2) is 47.4 Å². The molecule has 0 saturated carbocycles. The average Bonchev–Trinajstić information content (AvgIpc) is 2.53. The molecule has 0 amide bonds. The van der Waals surface area contributed by atoms with Crippen LogP contribution in [0.4, 0.5) is 0 Å². The summed E-state index contributed by atoms with van der Waals surface area (Å²) in [5, 5.41) is 0. The SMILES string of the molecule is COc1ccc(C=O)cc1COc1ccc(SC)cc1. The molecule has 0 N–H and O–H groups in total. The van der Waals surface area contributed by atoms with Crippen LogP contribution in [0.2, 0.25) is 0 Å². The molecule has 0 unspecified atom stereocenters. The number of carbonyl (C=O) groups is 1. The second-order valence-corrected chi connectivity index (χ2v) is 5.03. The summed E-state index contributed by atoms with van der Waals surface area (Å²) in [4.78, 5) is 12.0. The van der Waals surface area contributed by atoms with E-state index in [-0.39, 0.29) is 0 Å². The molecule has 0 fully saturated rings. The van der Waals surface area contributed by atoms with Crippen LogP contribution in [0.1, 0.15) is 15.9 Å². The van der Waals surface area contributed by atoms with E-state index in [0.29, 0.717) is 12.2 Å². The molecular weight excluding hydrogens is 272 g/mol. The van der Waals surface area contributed by atoms with Gasteiger partial charge in [0.15, 0.2) is 0 Å². The second-order valence-electron chi connectivity index (χ2n) is 4.15. The van der Waals surface area contributed by atoms with Crippen molar-refractivity contribution in [3.8, 4) is 11.5 Å².